The number of aryl methyl sites for hydroxylation is 1. The number of carbonyl (C=O) groups is 2. The maximum Gasteiger partial charge on any atom is 0.305 e. The Labute approximate surface area is 175 Å². The van der Waals surface area contributed by atoms with E-state index in [0.29, 0.717) is 5.69 Å². The molecule has 152 valence electrons. The highest BCUT2D eigenvalue weighted by atomic mass is 32.2. The van der Waals surface area contributed by atoms with E-state index in [9.17, 15) is 19.8 Å². The van der Waals surface area contributed by atoms with E-state index >= 15 is 0 Å². The summed E-state index contributed by atoms with van der Waals surface area (Å²) in [6, 6.07) is 13.3. The number of anilines is 1. The molecule has 2 N–H and O–H groups in total. The van der Waals surface area contributed by atoms with Crippen LogP contribution in [0.25, 0.3) is 6.08 Å². The molecule has 0 spiro atoms. The van der Waals surface area contributed by atoms with Gasteiger partial charge in [0, 0.05) is 5.69 Å². The summed E-state index contributed by atoms with van der Waals surface area (Å²) in [5.74, 6) is -0.913. The van der Waals surface area contributed by atoms with Crippen LogP contribution in [-0.2, 0) is 9.59 Å². The second-order valence-electron chi connectivity index (χ2n) is 7.44. The van der Waals surface area contributed by atoms with E-state index in [2.05, 4.69) is 0 Å². The Morgan fingerprint density at radius 1 is 1.24 bits per heavy atom. The Morgan fingerprint density at radius 3 is 2.55 bits per heavy atom. The van der Waals surface area contributed by atoms with Gasteiger partial charge in [-0.25, -0.2) is 0 Å². The van der Waals surface area contributed by atoms with Crippen molar-refractivity contribution in [3.8, 4) is 5.75 Å². The highest BCUT2D eigenvalue weighted by molar-refractivity contribution is 8.02. The van der Waals surface area contributed by atoms with Gasteiger partial charge in [-0.05, 0) is 41.7 Å². The predicted octanol–water partition coefficient (Wildman–Crippen LogP) is 4.79. The topological polar surface area (TPSA) is 77.8 Å². The molecule has 1 saturated heterocycles. The van der Waals surface area contributed by atoms with E-state index in [1.165, 1.54) is 11.8 Å². The van der Waals surface area contributed by atoms with Gasteiger partial charge in [-0.1, -0.05) is 56.3 Å². The molecule has 6 heteroatoms. The first kappa shape index (κ1) is 21.0. The van der Waals surface area contributed by atoms with E-state index in [1.54, 1.807) is 11.0 Å². The third-order valence-corrected chi connectivity index (χ3v) is 6.25. The van der Waals surface area contributed by atoms with Crippen molar-refractivity contribution in [1.29, 1.82) is 0 Å². The van der Waals surface area contributed by atoms with E-state index in [1.807, 2.05) is 69.3 Å². The van der Waals surface area contributed by atoms with E-state index in [-0.39, 0.29) is 29.4 Å². The minimum atomic E-state index is -0.992. The van der Waals surface area contributed by atoms with Gasteiger partial charge in [-0.3, -0.25) is 14.5 Å². The van der Waals surface area contributed by atoms with Gasteiger partial charge in [-0.2, -0.15) is 0 Å². The van der Waals surface area contributed by atoms with Crippen molar-refractivity contribution in [2.45, 2.75) is 43.7 Å². The molecule has 2 aromatic carbocycles. The molecule has 1 heterocycles. The van der Waals surface area contributed by atoms with Crippen LogP contribution in [0.4, 0.5) is 5.69 Å². The maximum atomic E-state index is 13.1. The van der Waals surface area contributed by atoms with Crippen LogP contribution in [0.1, 0.15) is 42.9 Å². The predicted molar refractivity (Wildman–Crippen MR) is 117 cm³/mol. The van der Waals surface area contributed by atoms with Crippen molar-refractivity contribution < 1.29 is 19.8 Å². The van der Waals surface area contributed by atoms with Crippen LogP contribution in [0, 0.1) is 6.92 Å². The number of amides is 1. The fraction of sp³-hybridized carbons (Fsp3) is 0.304. The minimum Gasteiger partial charge on any atom is -0.508 e. The standard InChI is InChI=1S/C23H25NO4S/c1-14(2)17-12-18(15(3)11-19(17)25)24-21(10-9-16-7-5-4-6-8-16)29-20(23(24)28)13-22(26)27/h4-12,14,20-21,25H,13H2,1-3H3,(H,26,27)/b10-9+. The number of nitrogens with zero attached hydrogens (tertiary/aromatic N) is 1. The zero-order valence-electron chi connectivity index (χ0n) is 16.7. The molecular formula is C23H25NO4S. The van der Waals surface area contributed by atoms with Crippen molar-refractivity contribution in [2.75, 3.05) is 4.90 Å². The molecule has 1 fully saturated rings. The van der Waals surface area contributed by atoms with Crippen LogP contribution in [0.2, 0.25) is 0 Å². The number of aliphatic carboxylic acids is 1. The van der Waals surface area contributed by atoms with Gasteiger partial charge in [-0.15, -0.1) is 11.8 Å². The maximum absolute atomic E-state index is 13.1. The second-order valence-corrected chi connectivity index (χ2v) is 8.77. The SMILES string of the molecule is Cc1cc(O)c(C(C)C)cc1N1C(=O)C(CC(=O)O)SC1/C=C/c1ccccc1. The average molecular weight is 412 g/mol. The lowest BCUT2D eigenvalue weighted by molar-refractivity contribution is -0.138. The largest absolute Gasteiger partial charge is 0.508 e. The Morgan fingerprint density at radius 2 is 1.93 bits per heavy atom. The summed E-state index contributed by atoms with van der Waals surface area (Å²) in [7, 11) is 0. The lowest BCUT2D eigenvalue weighted by atomic mass is 9.98. The highest BCUT2D eigenvalue weighted by Gasteiger charge is 2.41. The van der Waals surface area contributed by atoms with Crippen LogP contribution < -0.4 is 4.90 Å². The summed E-state index contributed by atoms with van der Waals surface area (Å²) in [5.41, 5.74) is 3.25. The van der Waals surface area contributed by atoms with E-state index < -0.39 is 11.2 Å². The molecule has 1 aliphatic heterocycles. The van der Waals surface area contributed by atoms with Crippen molar-refractivity contribution in [2.24, 2.45) is 0 Å². The number of thioether (sulfide) groups is 1. The first-order valence-corrected chi connectivity index (χ1v) is 10.5. The Kier molecular flexibility index (Phi) is 6.33. The van der Waals surface area contributed by atoms with Crippen molar-refractivity contribution in [1.82, 2.24) is 0 Å². The zero-order chi connectivity index (χ0) is 21.1. The summed E-state index contributed by atoms with van der Waals surface area (Å²) >= 11 is 1.34. The minimum absolute atomic E-state index is 0.0906. The molecule has 0 radical (unpaired) electrons. The monoisotopic (exact) mass is 411 g/mol. The second kappa shape index (κ2) is 8.74. The quantitative estimate of drug-likeness (QED) is 0.715. The summed E-state index contributed by atoms with van der Waals surface area (Å²) in [4.78, 5) is 26.0. The molecule has 29 heavy (non-hydrogen) atoms. The third kappa shape index (κ3) is 4.65. The summed E-state index contributed by atoms with van der Waals surface area (Å²) < 4.78 is 0. The summed E-state index contributed by atoms with van der Waals surface area (Å²) in [6.07, 6.45) is 3.66. The van der Waals surface area contributed by atoms with Crippen LogP contribution in [0.15, 0.2) is 48.5 Å². The molecular weight excluding hydrogens is 386 g/mol. The van der Waals surface area contributed by atoms with Gasteiger partial charge in [0.1, 0.15) is 11.1 Å². The van der Waals surface area contributed by atoms with Crippen LogP contribution in [0.3, 0.4) is 0 Å². The number of phenolic OH excluding ortho intramolecular Hbond substituents is 1. The van der Waals surface area contributed by atoms with Gasteiger partial charge < -0.3 is 10.2 Å². The van der Waals surface area contributed by atoms with Crippen LogP contribution >= 0.6 is 11.8 Å². The molecule has 0 saturated carbocycles. The number of aromatic hydroxyl groups is 1. The van der Waals surface area contributed by atoms with Gasteiger partial charge in [0.15, 0.2) is 0 Å². The fourth-order valence-electron chi connectivity index (χ4n) is 3.43. The van der Waals surface area contributed by atoms with Crippen molar-refractivity contribution in [3.05, 3.63) is 65.2 Å². The molecule has 1 aliphatic rings. The highest BCUT2D eigenvalue weighted by Crippen LogP contribution is 2.42. The molecule has 0 aromatic heterocycles. The molecule has 0 bridgehead atoms. The zero-order valence-corrected chi connectivity index (χ0v) is 17.5. The number of hydrogen-bond acceptors (Lipinski definition) is 4. The van der Waals surface area contributed by atoms with Gasteiger partial charge in [0.2, 0.25) is 5.91 Å². The third-order valence-electron chi connectivity index (χ3n) is 4.91. The van der Waals surface area contributed by atoms with Crippen LogP contribution in [-0.4, -0.2) is 32.7 Å². The average Bonchev–Trinajstić information content (AvgIpc) is 2.95. The Balaban J connectivity index is 2.02. The normalized spacial score (nSPS) is 19.4. The smallest absolute Gasteiger partial charge is 0.305 e. The lowest BCUT2D eigenvalue weighted by Gasteiger charge is -2.25. The van der Waals surface area contributed by atoms with E-state index in [4.69, 9.17) is 0 Å². The summed E-state index contributed by atoms with van der Waals surface area (Å²) in [5, 5.41) is 18.5. The molecule has 0 aliphatic carbocycles. The Bertz CT molecular complexity index is 939. The van der Waals surface area contributed by atoms with Gasteiger partial charge in [0.05, 0.1) is 11.7 Å². The number of phenols is 1. The molecule has 5 nitrogen and oxygen atoms in total. The molecule has 2 unspecified atom stereocenters. The van der Waals surface area contributed by atoms with Crippen molar-refractivity contribution >= 4 is 35.4 Å². The van der Waals surface area contributed by atoms with E-state index in [0.717, 1.165) is 16.7 Å². The van der Waals surface area contributed by atoms with Gasteiger partial charge in [0.25, 0.3) is 0 Å². The summed E-state index contributed by atoms with van der Waals surface area (Å²) in [6.45, 7) is 5.81. The molecule has 3 rings (SSSR count). The number of rotatable bonds is 6. The number of hydrogen-bond donors (Lipinski definition) is 2. The number of carboxylic acids is 1. The van der Waals surface area contributed by atoms with Gasteiger partial charge >= 0.3 is 5.97 Å². The first-order chi connectivity index (χ1) is 13.8. The molecule has 1 amide bonds. The fourth-order valence-corrected chi connectivity index (χ4v) is 4.74. The number of carboxylic acid groups (broad SMARTS) is 1. The first-order valence-electron chi connectivity index (χ1n) is 9.55. The molecule has 2 aromatic rings. The molecule has 2 atom stereocenters. The Hall–Kier alpha value is -2.73. The number of benzene rings is 2. The lowest BCUT2D eigenvalue weighted by Crippen LogP contribution is -2.35. The van der Waals surface area contributed by atoms with Crippen molar-refractivity contribution in [3.63, 3.8) is 0 Å². The van der Waals surface area contributed by atoms with Crippen LogP contribution in [0.5, 0.6) is 5.75 Å². The number of carbonyl (C=O) groups excluding carboxylic acids is 1.